The summed E-state index contributed by atoms with van der Waals surface area (Å²) in [4.78, 5) is 9.26. The van der Waals surface area contributed by atoms with Crippen LogP contribution < -0.4 is 5.32 Å². The van der Waals surface area contributed by atoms with Crippen LogP contribution in [0.1, 0.15) is 0 Å². The first-order valence-corrected chi connectivity index (χ1v) is 4.80. The van der Waals surface area contributed by atoms with Gasteiger partial charge in [-0.15, -0.1) is 18.3 Å². The summed E-state index contributed by atoms with van der Waals surface area (Å²) in [5.74, 6) is 0.646. The maximum Gasteiger partial charge on any atom is 0.222 e. The molecule has 1 heterocycles. The highest BCUT2D eigenvalue weighted by atomic mass is 32.2. The third-order valence-electron chi connectivity index (χ3n) is 1.27. The SMILES string of the molecule is C=CCNc1ncc(SC)cn1. The van der Waals surface area contributed by atoms with E-state index >= 15 is 0 Å². The van der Waals surface area contributed by atoms with Crippen molar-refractivity contribution < 1.29 is 0 Å². The molecule has 0 aliphatic rings. The Bertz CT molecular complexity index is 245. The third kappa shape index (κ3) is 2.54. The molecule has 3 nitrogen and oxygen atoms in total. The van der Waals surface area contributed by atoms with Crippen LogP contribution in [0.4, 0.5) is 5.95 Å². The summed E-state index contributed by atoms with van der Waals surface area (Å²) >= 11 is 1.63. The lowest BCUT2D eigenvalue weighted by Crippen LogP contribution is -2.01. The Morgan fingerprint density at radius 1 is 1.58 bits per heavy atom. The first-order valence-electron chi connectivity index (χ1n) is 3.57. The fourth-order valence-corrected chi connectivity index (χ4v) is 0.993. The Balaban J connectivity index is 2.58. The third-order valence-corrected chi connectivity index (χ3v) is 1.95. The molecule has 0 bridgehead atoms. The minimum absolute atomic E-state index is 0.646. The van der Waals surface area contributed by atoms with Crippen molar-refractivity contribution in [1.29, 1.82) is 0 Å². The number of hydrogen-bond donors (Lipinski definition) is 1. The second kappa shape index (κ2) is 4.77. The number of hydrogen-bond acceptors (Lipinski definition) is 4. The van der Waals surface area contributed by atoms with Gasteiger partial charge in [-0.2, -0.15) is 0 Å². The predicted molar refractivity (Wildman–Crippen MR) is 52.5 cm³/mol. The van der Waals surface area contributed by atoms with Gasteiger partial charge in [-0.3, -0.25) is 0 Å². The highest BCUT2D eigenvalue weighted by molar-refractivity contribution is 7.98. The van der Waals surface area contributed by atoms with E-state index in [4.69, 9.17) is 0 Å². The van der Waals surface area contributed by atoms with Crippen molar-refractivity contribution in [2.24, 2.45) is 0 Å². The number of thioether (sulfide) groups is 1. The van der Waals surface area contributed by atoms with Crippen LogP contribution >= 0.6 is 11.8 Å². The largest absolute Gasteiger partial charge is 0.351 e. The molecule has 0 amide bonds. The number of rotatable bonds is 4. The fourth-order valence-electron chi connectivity index (χ4n) is 0.676. The maximum absolute atomic E-state index is 4.10. The van der Waals surface area contributed by atoms with Gasteiger partial charge in [0.15, 0.2) is 0 Å². The fraction of sp³-hybridized carbons (Fsp3) is 0.250. The molecule has 0 aliphatic carbocycles. The molecule has 0 saturated carbocycles. The lowest BCUT2D eigenvalue weighted by atomic mass is 10.6. The molecular formula is C8H11N3S. The molecule has 1 aromatic heterocycles. The Morgan fingerprint density at radius 3 is 2.75 bits per heavy atom. The van der Waals surface area contributed by atoms with E-state index in [2.05, 4.69) is 21.9 Å². The van der Waals surface area contributed by atoms with E-state index in [1.807, 2.05) is 6.26 Å². The van der Waals surface area contributed by atoms with Gasteiger partial charge in [0.1, 0.15) is 0 Å². The first kappa shape index (κ1) is 9.06. The quantitative estimate of drug-likeness (QED) is 0.567. The first-order chi connectivity index (χ1) is 5.86. The van der Waals surface area contributed by atoms with E-state index in [0.717, 1.165) is 4.90 Å². The highest BCUT2D eigenvalue weighted by Gasteiger charge is 1.93. The number of nitrogens with zero attached hydrogens (tertiary/aromatic N) is 2. The zero-order valence-corrected chi connectivity index (χ0v) is 7.77. The van der Waals surface area contributed by atoms with Gasteiger partial charge in [-0.25, -0.2) is 9.97 Å². The van der Waals surface area contributed by atoms with Gasteiger partial charge in [-0.05, 0) is 6.26 Å². The summed E-state index contributed by atoms with van der Waals surface area (Å²) in [6.45, 7) is 4.28. The molecule has 64 valence electrons. The molecule has 0 saturated heterocycles. The predicted octanol–water partition coefficient (Wildman–Crippen LogP) is 1.80. The van der Waals surface area contributed by atoms with Gasteiger partial charge in [0.05, 0.1) is 0 Å². The van der Waals surface area contributed by atoms with E-state index in [0.29, 0.717) is 12.5 Å². The highest BCUT2D eigenvalue weighted by Crippen LogP contribution is 2.11. The van der Waals surface area contributed by atoms with Gasteiger partial charge in [0, 0.05) is 23.8 Å². The molecule has 0 spiro atoms. The zero-order valence-electron chi connectivity index (χ0n) is 6.95. The molecule has 0 aliphatic heterocycles. The molecular weight excluding hydrogens is 170 g/mol. The average molecular weight is 181 g/mol. The molecule has 1 aromatic rings. The minimum atomic E-state index is 0.646. The van der Waals surface area contributed by atoms with Crippen LogP contribution in [-0.2, 0) is 0 Å². The van der Waals surface area contributed by atoms with Gasteiger partial charge >= 0.3 is 0 Å². The van der Waals surface area contributed by atoms with Crippen LogP contribution in [0, 0.1) is 0 Å². The van der Waals surface area contributed by atoms with Crippen molar-refractivity contribution in [3.8, 4) is 0 Å². The van der Waals surface area contributed by atoms with Crippen LogP contribution in [0.2, 0.25) is 0 Å². The monoisotopic (exact) mass is 181 g/mol. The summed E-state index contributed by atoms with van der Waals surface area (Å²) in [6.07, 6.45) is 7.35. The van der Waals surface area contributed by atoms with Gasteiger partial charge in [-0.1, -0.05) is 6.08 Å². The van der Waals surface area contributed by atoms with E-state index in [-0.39, 0.29) is 0 Å². The average Bonchev–Trinajstić information content (AvgIpc) is 2.15. The summed E-state index contributed by atoms with van der Waals surface area (Å²) in [6, 6.07) is 0. The van der Waals surface area contributed by atoms with Crippen molar-refractivity contribution in [3.63, 3.8) is 0 Å². The minimum Gasteiger partial charge on any atom is -0.351 e. The van der Waals surface area contributed by atoms with Crippen molar-refractivity contribution in [2.75, 3.05) is 18.1 Å². The zero-order chi connectivity index (χ0) is 8.81. The summed E-state index contributed by atoms with van der Waals surface area (Å²) in [5.41, 5.74) is 0. The lowest BCUT2D eigenvalue weighted by molar-refractivity contribution is 1.07. The lowest BCUT2D eigenvalue weighted by Gasteiger charge is -2.00. The molecule has 0 radical (unpaired) electrons. The number of aromatic nitrogens is 2. The second-order valence-electron chi connectivity index (χ2n) is 2.12. The van der Waals surface area contributed by atoms with Crippen molar-refractivity contribution in [3.05, 3.63) is 25.0 Å². The normalized spacial score (nSPS) is 9.42. The smallest absolute Gasteiger partial charge is 0.222 e. The van der Waals surface area contributed by atoms with E-state index in [1.54, 1.807) is 30.2 Å². The Labute approximate surface area is 76.3 Å². The van der Waals surface area contributed by atoms with Crippen molar-refractivity contribution in [2.45, 2.75) is 4.90 Å². The Morgan fingerprint density at radius 2 is 2.25 bits per heavy atom. The van der Waals surface area contributed by atoms with E-state index in [9.17, 15) is 0 Å². The number of anilines is 1. The van der Waals surface area contributed by atoms with Gasteiger partial charge < -0.3 is 5.32 Å². The second-order valence-corrected chi connectivity index (χ2v) is 3.00. The molecule has 0 fully saturated rings. The molecule has 1 N–H and O–H groups in total. The summed E-state index contributed by atoms with van der Waals surface area (Å²) < 4.78 is 0. The van der Waals surface area contributed by atoms with Crippen molar-refractivity contribution in [1.82, 2.24) is 9.97 Å². The summed E-state index contributed by atoms with van der Waals surface area (Å²) in [7, 11) is 0. The van der Waals surface area contributed by atoms with Crippen LogP contribution in [0.25, 0.3) is 0 Å². The summed E-state index contributed by atoms with van der Waals surface area (Å²) in [5, 5.41) is 3.00. The number of nitrogens with one attached hydrogen (secondary N) is 1. The van der Waals surface area contributed by atoms with Crippen molar-refractivity contribution >= 4 is 17.7 Å². The Hall–Kier alpha value is -1.03. The molecule has 0 unspecified atom stereocenters. The van der Waals surface area contributed by atoms with E-state index in [1.165, 1.54) is 0 Å². The van der Waals surface area contributed by atoms with Gasteiger partial charge in [0.25, 0.3) is 0 Å². The van der Waals surface area contributed by atoms with Crippen LogP contribution in [-0.4, -0.2) is 22.8 Å². The topological polar surface area (TPSA) is 37.8 Å². The van der Waals surface area contributed by atoms with E-state index < -0.39 is 0 Å². The maximum atomic E-state index is 4.10. The standard InChI is InChI=1S/C8H11N3S/c1-3-4-9-8-10-5-7(12-2)6-11-8/h3,5-6H,1,4H2,2H3,(H,9,10,11). The van der Waals surface area contributed by atoms with Crippen LogP contribution in [0.3, 0.4) is 0 Å². The Kier molecular flexibility index (Phi) is 3.60. The molecule has 1 rings (SSSR count). The molecule has 12 heavy (non-hydrogen) atoms. The molecule has 4 heteroatoms. The van der Waals surface area contributed by atoms with Gasteiger partial charge in [0.2, 0.25) is 5.95 Å². The van der Waals surface area contributed by atoms with Crippen LogP contribution in [0.15, 0.2) is 29.9 Å². The molecule has 0 atom stereocenters. The van der Waals surface area contributed by atoms with Crippen LogP contribution in [0.5, 0.6) is 0 Å². The molecule has 0 aromatic carbocycles.